The molecule has 0 bridgehead atoms. The van der Waals surface area contributed by atoms with Gasteiger partial charge in [0.1, 0.15) is 11.5 Å². The highest BCUT2D eigenvalue weighted by atomic mass is 16.5. The van der Waals surface area contributed by atoms with E-state index in [1.165, 1.54) is 0 Å². The van der Waals surface area contributed by atoms with Gasteiger partial charge in [0.25, 0.3) is 0 Å². The Morgan fingerprint density at radius 3 is 2.21 bits per heavy atom. The minimum absolute atomic E-state index is 0.0392. The maximum atomic E-state index is 11.5. The number of hydrogen-bond acceptors (Lipinski definition) is 4. The van der Waals surface area contributed by atoms with E-state index < -0.39 is 0 Å². The number of hydrogen-bond donors (Lipinski definition) is 2. The minimum atomic E-state index is 0.0392. The number of carbonyl (C=O) groups excluding carboxylic acids is 1. The lowest BCUT2D eigenvalue weighted by Gasteiger charge is -2.11. The summed E-state index contributed by atoms with van der Waals surface area (Å²) >= 11 is 0. The van der Waals surface area contributed by atoms with Gasteiger partial charge in [0.2, 0.25) is 5.91 Å². The van der Waals surface area contributed by atoms with Crippen LogP contribution in [-0.4, -0.2) is 32.7 Å². The highest BCUT2D eigenvalue weighted by Gasteiger charge is 2.04. The van der Waals surface area contributed by atoms with Crippen molar-refractivity contribution in [2.24, 2.45) is 0 Å². The van der Waals surface area contributed by atoms with Crippen LogP contribution < -0.4 is 20.1 Å². The van der Waals surface area contributed by atoms with Crippen molar-refractivity contribution in [3.8, 4) is 11.5 Å². The second-order valence-electron chi connectivity index (χ2n) is 4.50. The van der Waals surface area contributed by atoms with E-state index in [-0.39, 0.29) is 11.9 Å². The number of carbonyl (C=O) groups is 1. The van der Waals surface area contributed by atoms with E-state index in [9.17, 15) is 4.79 Å². The van der Waals surface area contributed by atoms with Gasteiger partial charge in [-0.05, 0) is 13.8 Å². The Hall–Kier alpha value is -1.91. The first-order valence-corrected chi connectivity index (χ1v) is 6.31. The molecule has 19 heavy (non-hydrogen) atoms. The van der Waals surface area contributed by atoms with E-state index in [1.54, 1.807) is 20.3 Å². The lowest BCUT2D eigenvalue weighted by Crippen LogP contribution is -2.31. The molecule has 5 nitrogen and oxygen atoms in total. The molecule has 0 aliphatic carbocycles. The van der Waals surface area contributed by atoms with E-state index in [0.717, 1.165) is 5.69 Å². The molecule has 0 saturated heterocycles. The summed E-state index contributed by atoms with van der Waals surface area (Å²) in [6.07, 6.45) is 0.428. The predicted octanol–water partition coefficient (Wildman–Crippen LogP) is 2.03. The Labute approximate surface area is 114 Å². The highest BCUT2D eigenvalue weighted by molar-refractivity contribution is 5.76. The fraction of sp³-hybridized carbons (Fsp3) is 0.500. The number of methoxy groups -OCH3 is 2. The summed E-state index contributed by atoms with van der Waals surface area (Å²) in [7, 11) is 3.21. The fourth-order valence-corrected chi connectivity index (χ4v) is 1.62. The molecule has 1 rings (SSSR count). The van der Waals surface area contributed by atoms with Crippen LogP contribution in [0.3, 0.4) is 0 Å². The van der Waals surface area contributed by atoms with Crippen LogP contribution in [0.4, 0.5) is 5.69 Å². The monoisotopic (exact) mass is 266 g/mol. The third-order valence-corrected chi connectivity index (χ3v) is 2.48. The van der Waals surface area contributed by atoms with Gasteiger partial charge >= 0.3 is 0 Å². The van der Waals surface area contributed by atoms with Gasteiger partial charge in [-0.15, -0.1) is 0 Å². The lowest BCUT2D eigenvalue weighted by molar-refractivity contribution is -0.121. The molecule has 1 aromatic carbocycles. The molecule has 0 heterocycles. The van der Waals surface area contributed by atoms with Crippen LogP contribution in [0.5, 0.6) is 11.5 Å². The highest BCUT2D eigenvalue weighted by Crippen LogP contribution is 2.25. The van der Waals surface area contributed by atoms with E-state index in [4.69, 9.17) is 9.47 Å². The largest absolute Gasteiger partial charge is 0.497 e. The molecule has 0 aliphatic heterocycles. The standard InChI is InChI=1S/C14H22N2O3/c1-10(2)16-14(17)5-6-15-11-7-12(18-3)9-13(8-11)19-4/h7-10,15H,5-6H2,1-4H3,(H,16,17). The predicted molar refractivity (Wildman–Crippen MR) is 75.9 cm³/mol. The first-order chi connectivity index (χ1) is 9.05. The molecule has 0 atom stereocenters. The summed E-state index contributed by atoms with van der Waals surface area (Å²) in [4.78, 5) is 11.5. The molecule has 0 aromatic heterocycles. The van der Waals surface area contributed by atoms with Gasteiger partial charge in [-0.2, -0.15) is 0 Å². The summed E-state index contributed by atoms with van der Waals surface area (Å²) < 4.78 is 10.4. The molecule has 2 N–H and O–H groups in total. The third-order valence-electron chi connectivity index (χ3n) is 2.48. The summed E-state index contributed by atoms with van der Waals surface area (Å²) in [5.74, 6) is 1.47. The SMILES string of the molecule is COc1cc(NCCC(=O)NC(C)C)cc(OC)c1. The average Bonchev–Trinajstić information content (AvgIpc) is 2.37. The number of nitrogens with one attached hydrogen (secondary N) is 2. The summed E-state index contributed by atoms with van der Waals surface area (Å²) in [5.41, 5.74) is 0.869. The zero-order chi connectivity index (χ0) is 14.3. The molecule has 0 unspecified atom stereocenters. The smallest absolute Gasteiger partial charge is 0.221 e. The average molecular weight is 266 g/mol. The van der Waals surface area contributed by atoms with E-state index in [2.05, 4.69) is 10.6 Å². The van der Waals surface area contributed by atoms with Crippen molar-refractivity contribution in [3.63, 3.8) is 0 Å². The van der Waals surface area contributed by atoms with Crippen LogP contribution in [0.15, 0.2) is 18.2 Å². The molecule has 0 saturated carbocycles. The van der Waals surface area contributed by atoms with Gasteiger partial charge < -0.3 is 20.1 Å². The topological polar surface area (TPSA) is 59.6 Å². The van der Waals surface area contributed by atoms with E-state index in [0.29, 0.717) is 24.5 Å². The zero-order valence-electron chi connectivity index (χ0n) is 11.9. The van der Waals surface area contributed by atoms with Gasteiger partial charge in [0.15, 0.2) is 0 Å². The number of rotatable bonds is 7. The van der Waals surface area contributed by atoms with Gasteiger partial charge in [0.05, 0.1) is 14.2 Å². The normalized spacial score (nSPS) is 10.2. The molecule has 0 fully saturated rings. The Morgan fingerprint density at radius 2 is 1.74 bits per heavy atom. The summed E-state index contributed by atoms with van der Waals surface area (Å²) in [6, 6.07) is 5.70. The molecule has 1 amide bonds. The molecule has 0 radical (unpaired) electrons. The maximum Gasteiger partial charge on any atom is 0.221 e. The van der Waals surface area contributed by atoms with Crippen molar-refractivity contribution >= 4 is 11.6 Å². The van der Waals surface area contributed by atoms with Gasteiger partial charge in [-0.1, -0.05) is 0 Å². The summed E-state index contributed by atoms with van der Waals surface area (Å²) in [5, 5.41) is 6.02. The lowest BCUT2D eigenvalue weighted by atomic mass is 10.2. The minimum Gasteiger partial charge on any atom is -0.497 e. The molecule has 106 valence electrons. The molecular weight excluding hydrogens is 244 g/mol. The molecule has 0 spiro atoms. The molecular formula is C14H22N2O3. The van der Waals surface area contributed by atoms with Gasteiger partial charge in [0, 0.05) is 42.9 Å². The van der Waals surface area contributed by atoms with Crippen LogP contribution in [0.2, 0.25) is 0 Å². The number of ether oxygens (including phenoxy) is 2. The van der Waals surface area contributed by atoms with Gasteiger partial charge in [-0.3, -0.25) is 4.79 Å². The first-order valence-electron chi connectivity index (χ1n) is 6.31. The molecule has 0 aliphatic rings. The summed E-state index contributed by atoms with van der Waals surface area (Å²) in [6.45, 7) is 4.45. The van der Waals surface area contributed by atoms with Crippen LogP contribution in [0.1, 0.15) is 20.3 Å². The first kappa shape index (κ1) is 15.1. The number of anilines is 1. The van der Waals surface area contributed by atoms with Crippen molar-refractivity contribution in [3.05, 3.63) is 18.2 Å². The van der Waals surface area contributed by atoms with Crippen molar-refractivity contribution in [1.29, 1.82) is 0 Å². The number of amides is 1. The number of benzene rings is 1. The van der Waals surface area contributed by atoms with Crippen LogP contribution in [0, 0.1) is 0 Å². The Morgan fingerprint density at radius 1 is 1.16 bits per heavy atom. The van der Waals surface area contributed by atoms with Gasteiger partial charge in [-0.25, -0.2) is 0 Å². The zero-order valence-corrected chi connectivity index (χ0v) is 11.9. The van der Waals surface area contributed by atoms with E-state index >= 15 is 0 Å². The van der Waals surface area contributed by atoms with Crippen LogP contribution in [-0.2, 0) is 4.79 Å². The Balaban J connectivity index is 2.50. The maximum absolute atomic E-state index is 11.5. The van der Waals surface area contributed by atoms with Crippen molar-refractivity contribution < 1.29 is 14.3 Å². The van der Waals surface area contributed by atoms with Crippen molar-refractivity contribution in [2.75, 3.05) is 26.1 Å². The molecule has 1 aromatic rings. The Bertz CT molecular complexity index is 397. The second-order valence-corrected chi connectivity index (χ2v) is 4.50. The van der Waals surface area contributed by atoms with Crippen molar-refractivity contribution in [1.82, 2.24) is 5.32 Å². The quantitative estimate of drug-likeness (QED) is 0.793. The van der Waals surface area contributed by atoms with Crippen LogP contribution >= 0.6 is 0 Å². The van der Waals surface area contributed by atoms with Crippen LogP contribution in [0.25, 0.3) is 0 Å². The third kappa shape index (κ3) is 5.50. The Kier molecular flexibility index (Phi) is 5.99. The second kappa shape index (κ2) is 7.51. The molecule has 5 heteroatoms. The fourth-order valence-electron chi connectivity index (χ4n) is 1.62. The van der Waals surface area contributed by atoms with E-state index in [1.807, 2.05) is 26.0 Å². The van der Waals surface area contributed by atoms with Crippen molar-refractivity contribution in [2.45, 2.75) is 26.3 Å².